The van der Waals surface area contributed by atoms with Gasteiger partial charge in [-0.3, -0.25) is 9.59 Å². The molecule has 17 heavy (non-hydrogen) atoms. The van der Waals surface area contributed by atoms with Crippen molar-refractivity contribution < 1.29 is 9.59 Å². The summed E-state index contributed by atoms with van der Waals surface area (Å²) < 4.78 is 0. The van der Waals surface area contributed by atoms with Gasteiger partial charge in [-0.1, -0.05) is 0 Å². The smallest absolute Gasteiger partial charge is 0.244 e. The maximum atomic E-state index is 11.7. The minimum absolute atomic E-state index is 0. The topological polar surface area (TPSA) is 61.4 Å². The maximum Gasteiger partial charge on any atom is 0.244 e. The monoisotopic (exact) mass is 261 g/mol. The molecule has 0 aliphatic carbocycles. The van der Waals surface area contributed by atoms with Crippen LogP contribution in [0.5, 0.6) is 0 Å². The van der Waals surface area contributed by atoms with Crippen LogP contribution in [0.1, 0.15) is 25.7 Å². The SMILES string of the molecule is CN1CCC(NC(=O)CC2CCCN2)C1=O.Cl. The van der Waals surface area contributed by atoms with Crippen LogP contribution < -0.4 is 10.6 Å². The van der Waals surface area contributed by atoms with Crippen LogP contribution in [0.25, 0.3) is 0 Å². The average molecular weight is 262 g/mol. The van der Waals surface area contributed by atoms with Crippen LogP contribution in [-0.2, 0) is 9.59 Å². The number of hydrogen-bond donors (Lipinski definition) is 2. The first kappa shape index (κ1) is 14.3. The van der Waals surface area contributed by atoms with E-state index in [9.17, 15) is 9.59 Å². The van der Waals surface area contributed by atoms with Gasteiger partial charge in [0, 0.05) is 26.1 Å². The molecule has 5 nitrogen and oxygen atoms in total. The minimum atomic E-state index is -0.293. The van der Waals surface area contributed by atoms with Crippen molar-refractivity contribution in [3.8, 4) is 0 Å². The molecule has 2 unspecified atom stereocenters. The van der Waals surface area contributed by atoms with Crippen LogP contribution in [0.4, 0.5) is 0 Å². The van der Waals surface area contributed by atoms with Gasteiger partial charge in [0.25, 0.3) is 0 Å². The predicted molar refractivity (Wildman–Crippen MR) is 67.1 cm³/mol. The van der Waals surface area contributed by atoms with Crippen LogP contribution in [-0.4, -0.2) is 48.9 Å². The zero-order valence-corrected chi connectivity index (χ0v) is 10.9. The van der Waals surface area contributed by atoms with E-state index in [1.54, 1.807) is 11.9 Å². The number of carbonyl (C=O) groups is 2. The quantitative estimate of drug-likeness (QED) is 0.746. The Balaban J connectivity index is 0.00000144. The largest absolute Gasteiger partial charge is 0.344 e. The average Bonchev–Trinajstić information content (AvgIpc) is 2.83. The summed E-state index contributed by atoms with van der Waals surface area (Å²) in [6, 6.07) is 0.00753. The van der Waals surface area contributed by atoms with Crippen LogP contribution in [0.3, 0.4) is 0 Å². The highest BCUT2D eigenvalue weighted by Gasteiger charge is 2.30. The first-order valence-electron chi connectivity index (χ1n) is 5.94. The summed E-state index contributed by atoms with van der Waals surface area (Å²) in [7, 11) is 1.77. The fraction of sp³-hybridized carbons (Fsp3) is 0.818. The van der Waals surface area contributed by atoms with E-state index < -0.39 is 0 Å². The van der Waals surface area contributed by atoms with Crippen molar-refractivity contribution in [2.75, 3.05) is 20.1 Å². The Bertz CT molecular complexity index is 292. The lowest BCUT2D eigenvalue weighted by Gasteiger charge is -2.14. The van der Waals surface area contributed by atoms with Crippen molar-refractivity contribution in [2.45, 2.75) is 37.8 Å². The van der Waals surface area contributed by atoms with Crippen LogP contribution in [0.2, 0.25) is 0 Å². The van der Waals surface area contributed by atoms with E-state index in [0.717, 1.165) is 32.4 Å². The van der Waals surface area contributed by atoms with Crippen molar-refractivity contribution in [2.24, 2.45) is 0 Å². The number of hydrogen-bond acceptors (Lipinski definition) is 3. The highest BCUT2D eigenvalue weighted by Crippen LogP contribution is 2.11. The summed E-state index contributed by atoms with van der Waals surface area (Å²) in [4.78, 5) is 24.9. The summed E-state index contributed by atoms with van der Waals surface area (Å²) in [5, 5.41) is 6.09. The molecule has 2 amide bonds. The molecular formula is C11H20ClN3O2. The molecule has 2 atom stereocenters. The van der Waals surface area contributed by atoms with E-state index in [1.807, 2.05) is 0 Å². The van der Waals surface area contributed by atoms with Gasteiger partial charge in [-0.05, 0) is 25.8 Å². The van der Waals surface area contributed by atoms with Gasteiger partial charge in [0.2, 0.25) is 11.8 Å². The van der Waals surface area contributed by atoms with Crippen molar-refractivity contribution in [1.29, 1.82) is 0 Å². The Morgan fingerprint density at radius 1 is 1.53 bits per heavy atom. The second kappa shape index (κ2) is 6.21. The molecule has 2 rings (SSSR count). The molecule has 0 aromatic carbocycles. The van der Waals surface area contributed by atoms with Crippen molar-refractivity contribution in [3.63, 3.8) is 0 Å². The Hall–Kier alpha value is -0.810. The summed E-state index contributed by atoms with van der Waals surface area (Å²) in [5.41, 5.74) is 0. The van der Waals surface area contributed by atoms with E-state index >= 15 is 0 Å². The molecule has 2 saturated heterocycles. The highest BCUT2D eigenvalue weighted by molar-refractivity contribution is 5.89. The molecule has 0 bridgehead atoms. The predicted octanol–water partition coefficient (Wildman–Crippen LogP) is -0.103. The third-order valence-corrected chi connectivity index (χ3v) is 3.36. The standard InChI is InChI=1S/C11H19N3O2.ClH/c1-14-6-4-9(11(14)16)13-10(15)7-8-3-2-5-12-8;/h8-9,12H,2-7H2,1H3,(H,13,15);1H. The molecule has 0 aromatic heterocycles. The van der Waals surface area contributed by atoms with E-state index in [2.05, 4.69) is 10.6 Å². The summed E-state index contributed by atoms with van der Waals surface area (Å²) in [5.74, 6) is 0.0285. The van der Waals surface area contributed by atoms with Gasteiger partial charge >= 0.3 is 0 Å². The van der Waals surface area contributed by atoms with E-state index in [-0.39, 0.29) is 30.3 Å². The molecule has 0 aromatic rings. The van der Waals surface area contributed by atoms with Gasteiger partial charge in [-0.15, -0.1) is 12.4 Å². The second-order valence-electron chi connectivity index (χ2n) is 4.67. The summed E-state index contributed by atoms with van der Waals surface area (Å²) in [6.07, 6.45) is 3.43. The van der Waals surface area contributed by atoms with Gasteiger partial charge < -0.3 is 15.5 Å². The van der Waals surface area contributed by atoms with Crippen LogP contribution in [0, 0.1) is 0 Å². The Kier molecular flexibility index (Phi) is 5.21. The molecule has 0 spiro atoms. The Morgan fingerprint density at radius 3 is 2.82 bits per heavy atom. The zero-order chi connectivity index (χ0) is 11.5. The molecule has 2 aliphatic rings. The third-order valence-electron chi connectivity index (χ3n) is 3.36. The van der Waals surface area contributed by atoms with Crippen molar-refractivity contribution >= 4 is 24.2 Å². The fourth-order valence-electron chi connectivity index (χ4n) is 2.36. The number of carbonyl (C=O) groups excluding carboxylic acids is 2. The third kappa shape index (κ3) is 3.57. The normalized spacial score (nSPS) is 28.1. The number of amides is 2. The molecule has 0 radical (unpaired) electrons. The van der Waals surface area contributed by atoms with Gasteiger partial charge in [0.15, 0.2) is 0 Å². The molecule has 2 aliphatic heterocycles. The van der Waals surface area contributed by atoms with Crippen molar-refractivity contribution in [3.05, 3.63) is 0 Å². The van der Waals surface area contributed by atoms with E-state index in [4.69, 9.17) is 0 Å². The Morgan fingerprint density at radius 2 is 2.29 bits per heavy atom. The first-order chi connectivity index (χ1) is 7.66. The van der Waals surface area contributed by atoms with E-state index in [1.165, 1.54) is 0 Å². The number of likely N-dealkylation sites (N-methyl/N-ethyl adjacent to an activating group) is 1. The molecule has 2 fully saturated rings. The van der Waals surface area contributed by atoms with Gasteiger partial charge in [0.05, 0.1) is 0 Å². The number of nitrogens with one attached hydrogen (secondary N) is 2. The number of nitrogens with zero attached hydrogens (tertiary/aromatic N) is 1. The Labute approximate surface area is 108 Å². The molecular weight excluding hydrogens is 242 g/mol. The lowest BCUT2D eigenvalue weighted by molar-refractivity contribution is -0.132. The lowest BCUT2D eigenvalue weighted by Crippen LogP contribution is -2.42. The number of halogens is 1. The summed E-state index contributed by atoms with van der Waals surface area (Å²) in [6.45, 7) is 1.74. The zero-order valence-electron chi connectivity index (χ0n) is 10.1. The lowest BCUT2D eigenvalue weighted by atomic mass is 10.1. The van der Waals surface area contributed by atoms with Gasteiger partial charge in [0.1, 0.15) is 6.04 Å². The molecule has 2 heterocycles. The highest BCUT2D eigenvalue weighted by atomic mass is 35.5. The second-order valence-corrected chi connectivity index (χ2v) is 4.67. The number of likely N-dealkylation sites (tertiary alicyclic amines) is 1. The molecule has 2 N–H and O–H groups in total. The molecule has 0 saturated carbocycles. The van der Waals surface area contributed by atoms with E-state index in [0.29, 0.717) is 12.5 Å². The first-order valence-corrected chi connectivity index (χ1v) is 5.94. The van der Waals surface area contributed by atoms with Gasteiger partial charge in [-0.2, -0.15) is 0 Å². The van der Waals surface area contributed by atoms with Crippen LogP contribution in [0.15, 0.2) is 0 Å². The number of rotatable bonds is 3. The van der Waals surface area contributed by atoms with Crippen molar-refractivity contribution in [1.82, 2.24) is 15.5 Å². The molecule has 6 heteroatoms. The maximum absolute atomic E-state index is 11.7. The van der Waals surface area contributed by atoms with Gasteiger partial charge in [-0.25, -0.2) is 0 Å². The minimum Gasteiger partial charge on any atom is -0.344 e. The van der Waals surface area contributed by atoms with Crippen LogP contribution >= 0.6 is 12.4 Å². The fourth-order valence-corrected chi connectivity index (χ4v) is 2.36. The summed E-state index contributed by atoms with van der Waals surface area (Å²) >= 11 is 0. The molecule has 98 valence electrons.